The van der Waals surface area contributed by atoms with E-state index in [1.165, 1.54) is 30.5 Å². The van der Waals surface area contributed by atoms with Crippen molar-refractivity contribution in [2.75, 3.05) is 19.1 Å². The van der Waals surface area contributed by atoms with E-state index in [2.05, 4.69) is 4.74 Å². The fourth-order valence-corrected chi connectivity index (χ4v) is 2.70. The molecule has 0 spiro atoms. The molecular weight excluding hydrogens is 375 g/mol. The average molecular weight is 395 g/mol. The maximum atomic E-state index is 13.8. The summed E-state index contributed by atoms with van der Waals surface area (Å²) in [6, 6.07) is 3.86. The normalized spacial score (nSPS) is 14.4. The molecule has 0 aliphatic carbocycles. The van der Waals surface area contributed by atoms with Crippen LogP contribution in [0.15, 0.2) is 53.9 Å². The third kappa shape index (κ3) is 4.27. The van der Waals surface area contributed by atoms with Gasteiger partial charge in [0.15, 0.2) is 0 Å². The molecule has 1 aromatic carbocycles. The van der Waals surface area contributed by atoms with Crippen molar-refractivity contribution < 1.29 is 32.2 Å². The Bertz CT molecular complexity index is 867. The predicted octanol–water partition coefficient (Wildman–Crippen LogP) is 4.32. The number of benzene rings is 1. The molecule has 0 bridgehead atoms. The van der Waals surface area contributed by atoms with Gasteiger partial charge in [0, 0.05) is 6.20 Å². The summed E-state index contributed by atoms with van der Waals surface area (Å²) in [6.07, 6.45) is 0.698. The zero-order valence-electron chi connectivity index (χ0n) is 15.8. The monoisotopic (exact) mass is 395 g/mol. The second-order valence-electron chi connectivity index (χ2n) is 6.25. The first-order valence-corrected chi connectivity index (χ1v) is 8.38. The maximum absolute atomic E-state index is 13.8. The summed E-state index contributed by atoms with van der Waals surface area (Å²) in [7, 11) is 2.19. The second-order valence-corrected chi connectivity index (χ2v) is 6.25. The Kier molecular flexibility index (Phi) is 6.33. The van der Waals surface area contributed by atoms with Gasteiger partial charge in [0.25, 0.3) is 0 Å². The summed E-state index contributed by atoms with van der Waals surface area (Å²) in [6.45, 7) is 3.56. The van der Waals surface area contributed by atoms with E-state index < -0.39 is 23.7 Å². The van der Waals surface area contributed by atoms with Crippen LogP contribution in [0.3, 0.4) is 0 Å². The summed E-state index contributed by atoms with van der Waals surface area (Å²) in [4.78, 5) is 25.5. The van der Waals surface area contributed by atoms with Crippen LogP contribution < -0.4 is 4.90 Å². The largest absolute Gasteiger partial charge is 0.465 e. The number of nitrogens with zero attached hydrogens (tertiary/aromatic N) is 1. The molecule has 0 unspecified atom stereocenters. The van der Waals surface area contributed by atoms with Crippen LogP contribution in [0.25, 0.3) is 0 Å². The highest BCUT2D eigenvalue weighted by Crippen LogP contribution is 2.40. The third-order valence-electron chi connectivity index (χ3n) is 4.14. The van der Waals surface area contributed by atoms with Crippen LogP contribution in [0.1, 0.15) is 30.9 Å². The van der Waals surface area contributed by atoms with Crippen LogP contribution in [0.4, 0.5) is 18.9 Å². The minimum absolute atomic E-state index is 0.127. The van der Waals surface area contributed by atoms with Crippen LogP contribution in [0.2, 0.25) is 0 Å². The van der Waals surface area contributed by atoms with Gasteiger partial charge in [0.1, 0.15) is 5.70 Å². The Labute approximate surface area is 160 Å². The Morgan fingerprint density at radius 2 is 1.68 bits per heavy atom. The number of anilines is 1. The van der Waals surface area contributed by atoms with E-state index >= 15 is 0 Å². The lowest BCUT2D eigenvalue weighted by atomic mass is 9.98. The minimum Gasteiger partial charge on any atom is -0.465 e. The number of halogens is 3. The molecule has 1 aromatic rings. The van der Waals surface area contributed by atoms with E-state index in [0.29, 0.717) is 5.56 Å². The molecular formula is C20H20F3NO4. The number of alkyl halides is 3. The molecule has 8 heteroatoms. The summed E-state index contributed by atoms with van der Waals surface area (Å²) < 4.78 is 50.8. The first-order chi connectivity index (χ1) is 13.1. The van der Waals surface area contributed by atoms with Crippen molar-refractivity contribution in [3.05, 3.63) is 65.0 Å². The number of allylic oxidation sites excluding steroid dienone is 2. The van der Waals surface area contributed by atoms with Gasteiger partial charge in [-0.15, -0.1) is 0 Å². The topological polar surface area (TPSA) is 55.8 Å². The molecule has 0 amide bonds. The molecule has 1 aliphatic rings. The van der Waals surface area contributed by atoms with Crippen molar-refractivity contribution in [3.63, 3.8) is 0 Å². The Balaban J connectivity index is 2.80. The molecule has 1 heterocycles. The van der Waals surface area contributed by atoms with Crippen molar-refractivity contribution in [2.45, 2.75) is 25.9 Å². The molecule has 5 nitrogen and oxygen atoms in total. The Morgan fingerprint density at radius 3 is 2.21 bits per heavy atom. The third-order valence-corrected chi connectivity index (χ3v) is 4.14. The van der Waals surface area contributed by atoms with Crippen molar-refractivity contribution >= 4 is 17.6 Å². The van der Waals surface area contributed by atoms with Crippen molar-refractivity contribution in [3.8, 4) is 0 Å². The van der Waals surface area contributed by atoms with Gasteiger partial charge in [0.05, 0.1) is 31.0 Å². The number of carbonyl (C=O) groups is 2. The van der Waals surface area contributed by atoms with Gasteiger partial charge in [-0.3, -0.25) is 0 Å². The van der Waals surface area contributed by atoms with Gasteiger partial charge < -0.3 is 14.4 Å². The van der Waals surface area contributed by atoms with Crippen molar-refractivity contribution in [2.24, 2.45) is 0 Å². The van der Waals surface area contributed by atoms with E-state index in [9.17, 15) is 22.8 Å². The SMILES string of the molecule is COC(=O)C1=C(C(=O)OC)N(c2ccc(C(C)C)cc2C(F)(F)F)C=CC=C1. The number of esters is 2. The highest BCUT2D eigenvalue weighted by atomic mass is 19.4. The molecule has 1 aliphatic heterocycles. The van der Waals surface area contributed by atoms with Crippen LogP contribution in [-0.2, 0) is 25.2 Å². The Morgan fingerprint density at radius 1 is 1.04 bits per heavy atom. The molecule has 0 fully saturated rings. The van der Waals surface area contributed by atoms with Crippen molar-refractivity contribution in [1.82, 2.24) is 0 Å². The summed E-state index contributed by atoms with van der Waals surface area (Å²) in [5.74, 6) is -1.98. The molecule has 0 N–H and O–H groups in total. The first kappa shape index (κ1) is 21.3. The minimum atomic E-state index is -4.68. The molecule has 28 heavy (non-hydrogen) atoms. The molecule has 0 radical (unpaired) electrons. The fraction of sp³-hybridized carbons (Fsp3) is 0.300. The lowest BCUT2D eigenvalue weighted by Gasteiger charge is -2.27. The lowest BCUT2D eigenvalue weighted by molar-refractivity contribution is -0.139. The average Bonchev–Trinajstić information content (AvgIpc) is 2.88. The van der Waals surface area contributed by atoms with Crippen molar-refractivity contribution in [1.29, 1.82) is 0 Å². The Hall–Kier alpha value is -3.03. The zero-order valence-corrected chi connectivity index (χ0v) is 15.8. The summed E-state index contributed by atoms with van der Waals surface area (Å²) >= 11 is 0. The summed E-state index contributed by atoms with van der Waals surface area (Å²) in [5.41, 5.74) is -1.35. The number of hydrogen-bond donors (Lipinski definition) is 0. The van der Waals surface area contributed by atoms with Gasteiger partial charge in [-0.25, -0.2) is 9.59 Å². The van der Waals surface area contributed by atoms with Gasteiger partial charge in [0.2, 0.25) is 0 Å². The predicted molar refractivity (Wildman–Crippen MR) is 97.4 cm³/mol. The number of rotatable bonds is 4. The molecule has 0 atom stereocenters. The molecule has 0 saturated carbocycles. The smallest absolute Gasteiger partial charge is 0.418 e. The molecule has 0 saturated heterocycles. The molecule has 2 rings (SSSR count). The quantitative estimate of drug-likeness (QED) is 0.711. The summed E-state index contributed by atoms with van der Waals surface area (Å²) in [5, 5.41) is 0. The molecule has 150 valence electrons. The van der Waals surface area contributed by atoms with Gasteiger partial charge in [-0.2, -0.15) is 13.2 Å². The zero-order chi connectivity index (χ0) is 21.1. The highest BCUT2D eigenvalue weighted by Gasteiger charge is 2.37. The van der Waals surface area contributed by atoms with E-state index in [0.717, 1.165) is 25.2 Å². The van der Waals surface area contributed by atoms with Gasteiger partial charge in [-0.05, 0) is 35.8 Å². The van der Waals surface area contributed by atoms with Gasteiger partial charge >= 0.3 is 18.1 Å². The number of carbonyl (C=O) groups excluding carboxylic acids is 2. The highest BCUT2D eigenvalue weighted by molar-refractivity contribution is 6.05. The first-order valence-electron chi connectivity index (χ1n) is 8.38. The van der Waals surface area contributed by atoms with Crippen LogP contribution in [0.5, 0.6) is 0 Å². The van der Waals surface area contributed by atoms with Crippen LogP contribution >= 0.6 is 0 Å². The fourth-order valence-electron chi connectivity index (χ4n) is 2.70. The van der Waals surface area contributed by atoms with E-state index in [1.54, 1.807) is 19.9 Å². The van der Waals surface area contributed by atoms with E-state index in [4.69, 9.17) is 4.74 Å². The van der Waals surface area contributed by atoms with Crippen LogP contribution in [-0.4, -0.2) is 26.2 Å². The van der Waals surface area contributed by atoms with E-state index in [-0.39, 0.29) is 22.9 Å². The number of ether oxygens (including phenoxy) is 2. The van der Waals surface area contributed by atoms with Crippen LogP contribution in [0, 0.1) is 0 Å². The maximum Gasteiger partial charge on any atom is 0.418 e. The lowest BCUT2D eigenvalue weighted by Crippen LogP contribution is -2.28. The standard InChI is InChI=1S/C20H20F3NO4/c1-12(2)13-8-9-16(15(11-13)20(21,22)23)24-10-6-5-7-14(18(25)27-3)17(24)19(26)28-4/h5-12H,1-4H3. The molecule has 0 aromatic heterocycles. The van der Waals surface area contributed by atoms with E-state index in [1.807, 2.05) is 0 Å². The van der Waals surface area contributed by atoms with Gasteiger partial charge in [-0.1, -0.05) is 26.0 Å². The second kappa shape index (κ2) is 8.33. The number of methoxy groups -OCH3 is 2. The number of hydrogen-bond acceptors (Lipinski definition) is 5.